The maximum atomic E-state index is 11.8. The smallest absolute Gasteiger partial charge is 0.434 e. The molecule has 0 aromatic heterocycles. The van der Waals surface area contributed by atoms with E-state index in [1.165, 1.54) is 19.3 Å². The normalized spacial score (nSPS) is 19.0. The number of hydrogen-bond acceptors (Lipinski definition) is 6. The summed E-state index contributed by atoms with van der Waals surface area (Å²) in [4.78, 5) is 23.6. The number of rotatable bonds is 14. The summed E-state index contributed by atoms with van der Waals surface area (Å²) in [7, 11) is 0. The van der Waals surface area contributed by atoms with Gasteiger partial charge >= 0.3 is 12.3 Å². The second-order valence-electron chi connectivity index (χ2n) is 9.32. The van der Waals surface area contributed by atoms with Gasteiger partial charge in [-0.15, -0.1) is 0 Å². The van der Waals surface area contributed by atoms with Crippen LogP contribution in [0.4, 0.5) is 9.59 Å². The molecule has 0 unspecified atom stereocenters. The van der Waals surface area contributed by atoms with Crippen molar-refractivity contribution in [3.63, 3.8) is 0 Å². The largest absolute Gasteiger partial charge is 0.508 e. The molecular weight excluding hydrogens is 384 g/mol. The summed E-state index contributed by atoms with van der Waals surface area (Å²) < 4.78 is 21.1. The molecule has 0 amide bonds. The van der Waals surface area contributed by atoms with Gasteiger partial charge in [0.05, 0.1) is 13.2 Å². The molecule has 6 nitrogen and oxygen atoms in total. The number of ether oxygens (including phenoxy) is 4. The minimum absolute atomic E-state index is 0.157. The Labute approximate surface area is 183 Å². The third-order valence-electron chi connectivity index (χ3n) is 5.44. The lowest BCUT2D eigenvalue weighted by Crippen LogP contribution is -2.30. The molecule has 0 bridgehead atoms. The molecule has 1 rings (SSSR count). The SMILES string of the molecule is CC(C)CCCCCCOC(=O)OC1CCC(OC(=O)OCCCCC(C)C)CC1. The Morgan fingerprint density at radius 2 is 1.00 bits per heavy atom. The van der Waals surface area contributed by atoms with Gasteiger partial charge in [0.2, 0.25) is 0 Å². The van der Waals surface area contributed by atoms with Crippen LogP contribution in [0, 0.1) is 11.8 Å². The van der Waals surface area contributed by atoms with Crippen LogP contribution >= 0.6 is 0 Å². The molecule has 0 radical (unpaired) electrons. The summed E-state index contributed by atoms with van der Waals surface area (Å²) in [6.45, 7) is 9.67. The van der Waals surface area contributed by atoms with Crippen LogP contribution < -0.4 is 0 Å². The van der Waals surface area contributed by atoms with E-state index in [1.807, 2.05) is 0 Å². The van der Waals surface area contributed by atoms with Crippen molar-refractivity contribution < 1.29 is 28.5 Å². The summed E-state index contributed by atoms with van der Waals surface area (Å²) in [6.07, 6.45) is 9.93. The van der Waals surface area contributed by atoms with Gasteiger partial charge in [0.25, 0.3) is 0 Å². The monoisotopic (exact) mass is 428 g/mol. The number of carbonyl (C=O) groups is 2. The molecular formula is C24H44O6. The van der Waals surface area contributed by atoms with Crippen molar-refractivity contribution in [1.82, 2.24) is 0 Å². The van der Waals surface area contributed by atoms with Crippen LogP contribution in [0.1, 0.15) is 105 Å². The van der Waals surface area contributed by atoms with E-state index in [9.17, 15) is 9.59 Å². The third-order valence-corrected chi connectivity index (χ3v) is 5.44. The molecule has 0 spiro atoms. The Hall–Kier alpha value is -1.46. The van der Waals surface area contributed by atoms with Crippen molar-refractivity contribution in [3.05, 3.63) is 0 Å². The molecule has 176 valence electrons. The fraction of sp³-hybridized carbons (Fsp3) is 0.917. The van der Waals surface area contributed by atoms with E-state index in [4.69, 9.17) is 18.9 Å². The van der Waals surface area contributed by atoms with Crippen LogP contribution in [0.5, 0.6) is 0 Å². The number of carbonyl (C=O) groups excluding carboxylic acids is 2. The lowest BCUT2D eigenvalue weighted by Gasteiger charge is -2.27. The zero-order valence-electron chi connectivity index (χ0n) is 19.7. The second kappa shape index (κ2) is 16.3. The van der Waals surface area contributed by atoms with E-state index in [0.717, 1.165) is 38.0 Å². The standard InChI is InChI=1S/C24H44O6/c1-19(2)11-7-5-6-9-17-27-23(25)29-21-13-15-22(16-14-21)30-24(26)28-18-10-8-12-20(3)4/h19-22H,5-18H2,1-4H3. The van der Waals surface area contributed by atoms with Crippen LogP contribution in [0.25, 0.3) is 0 Å². The molecule has 30 heavy (non-hydrogen) atoms. The zero-order chi connectivity index (χ0) is 22.2. The minimum Gasteiger partial charge on any atom is -0.434 e. The first-order chi connectivity index (χ1) is 14.4. The lowest BCUT2D eigenvalue weighted by atomic mass is 9.95. The first-order valence-electron chi connectivity index (χ1n) is 12.0. The van der Waals surface area contributed by atoms with Crippen LogP contribution in [-0.2, 0) is 18.9 Å². The first kappa shape index (κ1) is 26.6. The molecule has 1 aliphatic carbocycles. The van der Waals surface area contributed by atoms with E-state index in [1.54, 1.807) is 0 Å². The van der Waals surface area contributed by atoms with Crippen molar-refractivity contribution in [2.24, 2.45) is 11.8 Å². The van der Waals surface area contributed by atoms with Gasteiger partial charge in [-0.05, 0) is 56.8 Å². The van der Waals surface area contributed by atoms with Gasteiger partial charge in [-0.2, -0.15) is 0 Å². The van der Waals surface area contributed by atoms with Crippen molar-refractivity contribution in [2.45, 2.75) is 117 Å². The average Bonchev–Trinajstić information content (AvgIpc) is 2.68. The van der Waals surface area contributed by atoms with Gasteiger partial charge < -0.3 is 18.9 Å². The third kappa shape index (κ3) is 14.5. The van der Waals surface area contributed by atoms with Crippen molar-refractivity contribution in [3.8, 4) is 0 Å². The second-order valence-corrected chi connectivity index (χ2v) is 9.32. The number of unbranched alkanes of at least 4 members (excludes halogenated alkanes) is 4. The van der Waals surface area contributed by atoms with Crippen LogP contribution in [0.15, 0.2) is 0 Å². The van der Waals surface area contributed by atoms with Gasteiger partial charge in [0.1, 0.15) is 12.2 Å². The molecule has 0 N–H and O–H groups in total. The molecule has 0 aromatic carbocycles. The van der Waals surface area contributed by atoms with Gasteiger partial charge in [-0.3, -0.25) is 0 Å². The van der Waals surface area contributed by atoms with E-state index < -0.39 is 12.3 Å². The maximum absolute atomic E-state index is 11.8. The van der Waals surface area contributed by atoms with E-state index in [2.05, 4.69) is 27.7 Å². The van der Waals surface area contributed by atoms with E-state index >= 15 is 0 Å². The Morgan fingerprint density at radius 3 is 1.43 bits per heavy atom. The molecule has 1 saturated carbocycles. The van der Waals surface area contributed by atoms with Gasteiger partial charge in [0, 0.05) is 0 Å². The molecule has 0 saturated heterocycles. The average molecular weight is 429 g/mol. The van der Waals surface area contributed by atoms with Gasteiger partial charge in [-0.1, -0.05) is 59.8 Å². The highest BCUT2D eigenvalue weighted by Crippen LogP contribution is 2.24. The molecule has 1 fully saturated rings. The van der Waals surface area contributed by atoms with Crippen LogP contribution in [0.2, 0.25) is 0 Å². The Balaban J connectivity index is 2.01. The summed E-state index contributed by atoms with van der Waals surface area (Å²) in [5.74, 6) is 1.42. The predicted octanol–water partition coefficient (Wildman–Crippen LogP) is 7.04. The van der Waals surface area contributed by atoms with Crippen LogP contribution in [-0.4, -0.2) is 37.7 Å². The topological polar surface area (TPSA) is 71.1 Å². The summed E-state index contributed by atoms with van der Waals surface area (Å²) in [5.41, 5.74) is 0. The molecule has 0 atom stereocenters. The molecule has 1 aliphatic rings. The van der Waals surface area contributed by atoms with Gasteiger partial charge in [0.15, 0.2) is 0 Å². The summed E-state index contributed by atoms with van der Waals surface area (Å²) >= 11 is 0. The highest BCUT2D eigenvalue weighted by Gasteiger charge is 2.27. The van der Waals surface area contributed by atoms with Crippen molar-refractivity contribution in [2.75, 3.05) is 13.2 Å². The molecule has 0 aromatic rings. The number of hydrogen-bond donors (Lipinski definition) is 0. The summed E-state index contributed by atoms with van der Waals surface area (Å²) in [6, 6.07) is 0. The quantitative estimate of drug-likeness (QED) is 0.218. The Morgan fingerprint density at radius 1 is 0.633 bits per heavy atom. The van der Waals surface area contributed by atoms with Crippen LogP contribution in [0.3, 0.4) is 0 Å². The Kier molecular flexibility index (Phi) is 14.4. The molecule has 0 heterocycles. The van der Waals surface area contributed by atoms with Gasteiger partial charge in [-0.25, -0.2) is 9.59 Å². The first-order valence-corrected chi connectivity index (χ1v) is 12.0. The van der Waals surface area contributed by atoms with Crippen molar-refractivity contribution in [1.29, 1.82) is 0 Å². The minimum atomic E-state index is -0.586. The zero-order valence-corrected chi connectivity index (χ0v) is 19.7. The highest BCUT2D eigenvalue weighted by atomic mass is 16.7. The fourth-order valence-corrected chi connectivity index (χ4v) is 3.58. The Bertz CT molecular complexity index is 455. The fourth-order valence-electron chi connectivity index (χ4n) is 3.58. The van der Waals surface area contributed by atoms with Crippen molar-refractivity contribution >= 4 is 12.3 Å². The van der Waals surface area contributed by atoms with E-state index in [0.29, 0.717) is 44.8 Å². The highest BCUT2D eigenvalue weighted by molar-refractivity contribution is 5.60. The predicted molar refractivity (Wildman–Crippen MR) is 118 cm³/mol. The lowest BCUT2D eigenvalue weighted by molar-refractivity contribution is -0.0271. The summed E-state index contributed by atoms with van der Waals surface area (Å²) in [5, 5.41) is 0. The maximum Gasteiger partial charge on any atom is 0.508 e. The molecule has 0 aliphatic heterocycles. The molecule has 6 heteroatoms. The van der Waals surface area contributed by atoms with E-state index in [-0.39, 0.29) is 12.2 Å².